The summed E-state index contributed by atoms with van der Waals surface area (Å²) in [4.78, 5) is 27.0. The van der Waals surface area contributed by atoms with Crippen molar-refractivity contribution < 1.29 is 14.3 Å². The number of nitrogens with zero attached hydrogens (tertiary/aromatic N) is 1. The van der Waals surface area contributed by atoms with Gasteiger partial charge in [-0.15, -0.1) is 0 Å². The third kappa shape index (κ3) is 4.35. The molecule has 1 rings (SSSR count). The van der Waals surface area contributed by atoms with Gasteiger partial charge in [-0.1, -0.05) is 29.3 Å². The first-order chi connectivity index (χ1) is 9.07. The highest BCUT2D eigenvalue weighted by atomic mass is 35.5. The van der Waals surface area contributed by atoms with Crippen molar-refractivity contribution in [1.29, 1.82) is 0 Å². The van der Waals surface area contributed by atoms with Crippen molar-refractivity contribution in [2.75, 3.05) is 0 Å². The van der Waals surface area contributed by atoms with Crippen molar-refractivity contribution in [3.8, 4) is 0 Å². The second kappa shape index (κ2) is 5.97. The normalized spacial score (nSPS) is 14.3. The number of aromatic nitrogens is 1. The van der Waals surface area contributed by atoms with E-state index in [1.54, 1.807) is 20.8 Å². The number of hydrogen-bond acceptors (Lipinski definition) is 4. The largest absolute Gasteiger partial charge is 0.444 e. The summed E-state index contributed by atoms with van der Waals surface area (Å²) >= 11 is 11.7. The summed E-state index contributed by atoms with van der Waals surface area (Å²) in [6.45, 7) is 6.67. The van der Waals surface area contributed by atoms with Gasteiger partial charge in [-0.05, 0) is 33.8 Å². The first kappa shape index (κ1) is 16.7. The van der Waals surface area contributed by atoms with Crippen LogP contribution in [0.5, 0.6) is 0 Å². The van der Waals surface area contributed by atoms with Crippen LogP contribution in [0.15, 0.2) is 12.1 Å². The van der Waals surface area contributed by atoms with Crippen molar-refractivity contribution in [3.05, 3.63) is 28.0 Å². The van der Waals surface area contributed by atoms with E-state index in [0.29, 0.717) is 11.8 Å². The molecule has 1 atom stereocenters. The molecule has 0 saturated carbocycles. The number of hydrogen-bond donors (Lipinski definition) is 1. The summed E-state index contributed by atoms with van der Waals surface area (Å²) in [5.41, 5.74) is -1.68. The van der Waals surface area contributed by atoms with Gasteiger partial charge in [-0.25, -0.2) is 9.78 Å². The number of nitrogens with one attached hydrogen (secondary N) is 1. The van der Waals surface area contributed by atoms with Crippen molar-refractivity contribution in [2.45, 2.75) is 38.8 Å². The smallest absolute Gasteiger partial charge is 0.408 e. The molecule has 0 aliphatic rings. The average molecular weight is 319 g/mol. The molecular formula is C13H16Cl2N2O3. The van der Waals surface area contributed by atoms with Crippen LogP contribution >= 0.6 is 23.2 Å². The molecule has 5 nitrogen and oxygen atoms in total. The van der Waals surface area contributed by atoms with Gasteiger partial charge in [0.2, 0.25) is 0 Å². The van der Waals surface area contributed by atoms with Crippen molar-refractivity contribution >= 4 is 35.6 Å². The van der Waals surface area contributed by atoms with Crippen LogP contribution in [0.25, 0.3) is 0 Å². The number of carbonyl (C=O) groups excluding carboxylic acids is 2. The minimum Gasteiger partial charge on any atom is -0.444 e. The second-order valence-corrected chi connectivity index (χ2v) is 6.16. The predicted octanol–water partition coefficient (Wildman–Crippen LogP) is 3.33. The topological polar surface area (TPSA) is 68.3 Å². The lowest BCUT2D eigenvalue weighted by Gasteiger charge is -2.28. The molecule has 0 spiro atoms. The van der Waals surface area contributed by atoms with E-state index in [0.717, 1.165) is 0 Å². The molecule has 1 N–H and O–H groups in total. The molecule has 1 amide bonds. The number of amides is 1. The number of carbonyl (C=O) groups is 2. The van der Waals surface area contributed by atoms with Crippen LogP contribution in [-0.4, -0.2) is 23.0 Å². The summed E-state index contributed by atoms with van der Waals surface area (Å²) in [5, 5.41) is 2.72. The summed E-state index contributed by atoms with van der Waals surface area (Å²) in [7, 11) is 0. The van der Waals surface area contributed by atoms with Crippen LogP contribution in [0.2, 0.25) is 10.3 Å². The molecule has 7 heteroatoms. The van der Waals surface area contributed by atoms with Crippen molar-refractivity contribution in [1.82, 2.24) is 10.3 Å². The molecule has 0 fully saturated rings. The molecular weight excluding hydrogens is 303 g/mol. The molecule has 20 heavy (non-hydrogen) atoms. The minimum atomic E-state index is -1.35. The Morgan fingerprint density at radius 3 is 2.35 bits per heavy atom. The van der Waals surface area contributed by atoms with Crippen LogP contribution in [0.1, 0.15) is 33.3 Å². The highest BCUT2D eigenvalue weighted by Crippen LogP contribution is 2.27. The summed E-state index contributed by atoms with van der Waals surface area (Å²) in [6, 6.07) is 3.02. The zero-order valence-corrected chi connectivity index (χ0v) is 13.2. The van der Waals surface area contributed by atoms with Crippen LogP contribution in [-0.2, 0) is 15.1 Å². The Morgan fingerprint density at radius 1 is 1.30 bits per heavy atom. The van der Waals surface area contributed by atoms with Gasteiger partial charge in [-0.3, -0.25) is 0 Å². The van der Waals surface area contributed by atoms with Gasteiger partial charge in [0.05, 0.1) is 0 Å². The van der Waals surface area contributed by atoms with Gasteiger partial charge in [0.15, 0.2) is 0 Å². The summed E-state index contributed by atoms with van der Waals surface area (Å²) < 4.78 is 5.12. The van der Waals surface area contributed by atoms with Crippen molar-refractivity contribution in [3.63, 3.8) is 0 Å². The van der Waals surface area contributed by atoms with Gasteiger partial charge < -0.3 is 14.8 Å². The maximum Gasteiger partial charge on any atom is 0.408 e. The van der Waals surface area contributed by atoms with Gasteiger partial charge in [0, 0.05) is 5.56 Å². The highest BCUT2D eigenvalue weighted by Gasteiger charge is 2.33. The Hall–Kier alpha value is -1.33. The van der Waals surface area contributed by atoms with Crippen molar-refractivity contribution in [2.24, 2.45) is 0 Å². The number of pyridine rings is 1. The first-order valence-corrected chi connectivity index (χ1v) is 6.63. The molecule has 1 aromatic rings. The van der Waals surface area contributed by atoms with E-state index in [4.69, 9.17) is 27.9 Å². The Bertz CT molecular complexity index is 529. The number of rotatable bonds is 3. The van der Waals surface area contributed by atoms with Crippen LogP contribution in [0, 0.1) is 0 Å². The van der Waals surface area contributed by atoms with Crippen LogP contribution < -0.4 is 5.32 Å². The Balaban J connectivity index is 3.03. The molecule has 0 bridgehead atoms. The maximum atomic E-state index is 11.8. The minimum absolute atomic E-state index is 0.0446. The van der Waals surface area contributed by atoms with Crippen LogP contribution in [0.4, 0.5) is 4.79 Å². The lowest BCUT2D eigenvalue weighted by atomic mass is 9.95. The third-order valence-electron chi connectivity index (χ3n) is 2.37. The number of halogens is 2. The standard InChI is InChI=1S/C13H16Cl2N2O3/c1-12(2,3)20-11(19)17-13(4,7-18)8-5-6-9(14)16-10(8)15/h5-7H,1-4H3,(H,17,19). The van der Waals surface area contributed by atoms with E-state index < -0.39 is 17.2 Å². The van der Waals surface area contributed by atoms with E-state index in [-0.39, 0.29) is 10.3 Å². The van der Waals surface area contributed by atoms with Crippen LogP contribution in [0.3, 0.4) is 0 Å². The second-order valence-electron chi connectivity index (χ2n) is 5.42. The third-order valence-corrected chi connectivity index (χ3v) is 2.87. The fourth-order valence-corrected chi connectivity index (χ4v) is 2.02. The summed E-state index contributed by atoms with van der Waals surface area (Å²) in [6.07, 6.45) is -0.161. The Kier molecular flexibility index (Phi) is 5.00. The quantitative estimate of drug-likeness (QED) is 0.685. The molecule has 1 heterocycles. The van der Waals surface area contributed by atoms with E-state index in [9.17, 15) is 9.59 Å². The fraction of sp³-hybridized carbons (Fsp3) is 0.462. The summed E-state index contributed by atoms with van der Waals surface area (Å²) in [5.74, 6) is 0. The lowest BCUT2D eigenvalue weighted by molar-refractivity contribution is -0.113. The Morgan fingerprint density at radius 2 is 1.90 bits per heavy atom. The molecule has 0 aromatic carbocycles. The maximum absolute atomic E-state index is 11.8. The van der Waals surface area contributed by atoms with E-state index >= 15 is 0 Å². The van der Waals surface area contributed by atoms with Gasteiger partial charge in [0.25, 0.3) is 0 Å². The van der Waals surface area contributed by atoms with E-state index in [2.05, 4.69) is 10.3 Å². The number of ether oxygens (including phenoxy) is 1. The average Bonchev–Trinajstić information content (AvgIpc) is 2.25. The zero-order valence-electron chi connectivity index (χ0n) is 11.7. The highest BCUT2D eigenvalue weighted by molar-refractivity contribution is 6.33. The fourth-order valence-electron chi connectivity index (χ4n) is 1.48. The predicted molar refractivity (Wildman–Crippen MR) is 77.0 cm³/mol. The Labute approximate surface area is 127 Å². The molecule has 1 aromatic heterocycles. The van der Waals surface area contributed by atoms with Gasteiger partial charge in [0.1, 0.15) is 27.7 Å². The lowest BCUT2D eigenvalue weighted by Crippen LogP contribution is -2.47. The monoisotopic (exact) mass is 318 g/mol. The molecule has 0 aliphatic carbocycles. The van der Waals surface area contributed by atoms with Gasteiger partial charge in [-0.2, -0.15) is 0 Å². The SMILES string of the molecule is CC(C)(C)OC(=O)NC(C)(C=O)c1ccc(Cl)nc1Cl. The number of alkyl carbamates (subject to hydrolysis) is 1. The first-order valence-electron chi connectivity index (χ1n) is 5.87. The number of aldehydes is 1. The van der Waals surface area contributed by atoms with Gasteiger partial charge >= 0.3 is 6.09 Å². The molecule has 0 aliphatic heterocycles. The zero-order chi connectivity index (χ0) is 15.6. The molecule has 0 radical (unpaired) electrons. The molecule has 0 saturated heterocycles. The molecule has 1 unspecified atom stereocenters. The van der Waals surface area contributed by atoms with E-state index in [1.807, 2.05) is 0 Å². The molecule has 110 valence electrons. The van der Waals surface area contributed by atoms with E-state index in [1.165, 1.54) is 19.1 Å².